The van der Waals surface area contributed by atoms with Crippen LogP contribution >= 0.6 is 7.14 Å². The summed E-state index contributed by atoms with van der Waals surface area (Å²) in [6.07, 6.45) is 0.227. The number of pyridine rings is 1. The lowest BCUT2D eigenvalue weighted by Gasteiger charge is -2.31. The predicted octanol–water partition coefficient (Wildman–Crippen LogP) is 6.21. The van der Waals surface area contributed by atoms with Gasteiger partial charge in [-0.05, 0) is 83.0 Å². The molecule has 3 N–H and O–H groups in total. The van der Waals surface area contributed by atoms with Crippen LogP contribution in [0.4, 0.5) is 4.79 Å². The van der Waals surface area contributed by atoms with E-state index in [0.717, 1.165) is 16.5 Å². The Morgan fingerprint density at radius 1 is 1.11 bits per heavy atom. The number of carboxylic acids is 1. The van der Waals surface area contributed by atoms with E-state index < -0.39 is 72.2 Å². The molecule has 5 unspecified atom stereocenters. The number of ether oxygens (including phenoxy) is 3. The van der Waals surface area contributed by atoms with E-state index in [1.54, 1.807) is 60.1 Å². The van der Waals surface area contributed by atoms with E-state index in [0.29, 0.717) is 16.8 Å². The highest BCUT2D eigenvalue weighted by Crippen LogP contribution is 2.45. The Kier molecular flexibility index (Phi) is 11.5. The minimum absolute atomic E-state index is 0.0185. The molecule has 2 fully saturated rings. The molecule has 0 spiro atoms. The Labute approximate surface area is 316 Å². The van der Waals surface area contributed by atoms with Crippen LogP contribution < -0.4 is 20.1 Å². The van der Waals surface area contributed by atoms with Crippen molar-refractivity contribution in [2.75, 3.05) is 26.2 Å². The zero-order chi connectivity index (χ0) is 39.7. The van der Waals surface area contributed by atoms with Crippen LogP contribution in [0.2, 0.25) is 0 Å². The SMILES string of the molecule is C=CC1CC1(NC(=O)C1CC(Oc2nc(-c3ccc(C)cc3)cc3cc(OCP(C)(C)=O)ccc23)CN1C(=O)C(NC(=O)OC(C)(C)C)C(C)C)C(=O)O. The lowest BCUT2D eigenvalue weighted by Crippen LogP contribution is -2.57. The van der Waals surface area contributed by atoms with Gasteiger partial charge in [0, 0.05) is 23.3 Å². The third-order valence-corrected chi connectivity index (χ3v) is 10.2. The van der Waals surface area contributed by atoms with E-state index in [-0.39, 0.29) is 31.6 Å². The average molecular weight is 763 g/mol. The van der Waals surface area contributed by atoms with Crippen LogP contribution in [0.1, 0.15) is 53.0 Å². The zero-order valence-electron chi connectivity index (χ0n) is 32.2. The smallest absolute Gasteiger partial charge is 0.408 e. The molecular weight excluding hydrogens is 711 g/mol. The Morgan fingerprint density at radius 2 is 1.80 bits per heavy atom. The van der Waals surface area contributed by atoms with Crippen molar-refractivity contribution in [1.29, 1.82) is 0 Å². The number of benzene rings is 2. The fourth-order valence-electron chi connectivity index (χ4n) is 6.46. The number of alkyl carbamates (subject to hydrolysis) is 1. The van der Waals surface area contributed by atoms with Crippen molar-refractivity contribution in [2.24, 2.45) is 11.8 Å². The molecule has 2 heterocycles. The average Bonchev–Trinajstić information content (AvgIpc) is 3.64. The van der Waals surface area contributed by atoms with Crippen LogP contribution in [0.15, 0.2) is 61.2 Å². The molecule has 1 aliphatic carbocycles. The Morgan fingerprint density at radius 3 is 2.37 bits per heavy atom. The van der Waals surface area contributed by atoms with Crippen molar-refractivity contribution >= 4 is 41.8 Å². The molecule has 0 bridgehead atoms. The predicted molar refractivity (Wildman–Crippen MR) is 206 cm³/mol. The first-order chi connectivity index (χ1) is 25.2. The van der Waals surface area contributed by atoms with Crippen LogP contribution in [-0.4, -0.2) is 94.4 Å². The summed E-state index contributed by atoms with van der Waals surface area (Å²) in [4.78, 5) is 59.7. The standard InChI is InChI=1S/C40H51N4O9P/c1-10-27-20-40(27,37(47)48)43-34(45)32-19-29(21-44(32)36(46)33(23(2)3)42-38(49)53-39(5,6)7)52-35-30-16-15-28(51-22-54(8,9)50)17-26(30)18-31(41-35)25-13-11-24(4)12-14-25/h10-18,23,27,29,32-33H,1,19-22H2,2-9H3,(H,42,49)(H,43,45)(H,47,48). The summed E-state index contributed by atoms with van der Waals surface area (Å²) in [5.41, 5.74) is 0.179. The summed E-state index contributed by atoms with van der Waals surface area (Å²) in [7, 11) is -2.45. The molecule has 5 atom stereocenters. The van der Waals surface area contributed by atoms with E-state index in [1.807, 2.05) is 43.3 Å². The topological polar surface area (TPSA) is 173 Å². The summed E-state index contributed by atoms with van der Waals surface area (Å²) in [5.74, 6) is -2.47. The zero-order valence-corrected chi connectivity index (χ0v) is 33.1. The minimum atomic E-state index is -2.45. The number of aliphatic carboxylic acids is 1. The molecule has 1 saturated carbocycles. The fourth-order valence-corrected chi connectivity index (χ4v) is 6.92. The molecule has 2 aromatic carbocycles. The number of carbonyl (C=O) groups excluding carboxylic acids is 3. The molecule has 54 heavy (non-hydrogen) atoms. The number of aromatic nitrogens is 1. The number of rotatable bonds is 13. The van der Waals surface area contributed by atoms with Gasteiger partial charge >= 0.3 is 12.1 Å². The van der Waals surface area contributed by atoms with Crippen molar-refractivity contribution in [1.82, 2.24) is 20.5 Å². The minimum Gasteiger partial charge on any atom is -0.486 e. The molecule has 1 aromatic heterocycles. The highest BCUT2D eigenvalue weighted by atomic mass is 31.2. The van der Waals surface area contributed by atoms with Gasteiger partial charge in [0.05, 0.1) is 12.2 Å². The van der Waals surface area contributed by atoms with Crippen LogP contribution in [0, 0.1) is 18.8 Å². The number of amides is 3. The highest BCUT2D eigenvalue weighted by Gasteiger charge is 2.61. The van der Waals surface area contributed by atoms with Gasteiger partial charge < -0.3 is 39.4 Å². The second kappa shape index (κ2) is 15.5. The third kappa shape index (κ3) is 9.42. The quantitative estimate of drug-likeness (QED) is 0.134. The van der Waals surface area contributed by atoms with Crippen LogP contribution in [0.5, 0.6) is 11.6 Å². The molecular formula is C40H51N4O9P. The molecule has 5 rings (SSSR count). The van der Waals surface area contributed by atoms with Gasteiger partial charge in [0.1, 0.15) is 48.6 Å². The van der Waals surface area contributed by atoms with Crippen molar-refractivity contribution in [3.8, 4) is 22.9 Å². The summed E-state index contributed by atoms with van der Waals surface area (Å²) >= 11 is 0. The molecule has 1 saturated heterocycles. The first kappa shape index (κ1) is 40.3. The first-order valence-electron chi connectivity index (χ1n) is 18.0. The van der Waals surface area contributed by atoms with Crippen LogP contribution in [0.25, 0.3) is 22.0 Å². The van der Waals surface area contributed by atoms with Gasteiger partial charge in [-0.1, -0.05) is 49.8 Å². The summed E-state index contributed by atoms with van der Waals surface area (Å²) < 4.78 is 30.3. The fraction of sp³-hybridized carbons (Fsp3) is 0.475. The van der Waals surface area contributed by atoms with Gasteiger partial charge in [0.15, 0.2) is 0 Å². The molecule has 2 aliphatic rings. The molecule has 13 nitrogen and oxygen atoms in total. The van der Waals surface area contributed by atoms with Gasteiger partial charge in [0.25, 0.3) is 0 Å². The third-order valence-electron chi connectivity index (χ3n) is 9.42. The highest BCUT2D eigenvalue weighted by molar-refractivity contribution is 7.62. The summed E-state index contributed by atoms with van der Waals surface area (Å²) in [5, 5.41) is 16.8. The van der Waals surface area contributed by atoms with Crippen LogP contribution in [0.3, 0.4) is 0 Å². The lowest BCUT2D eigenvalue weighted by molar-refractivity contribution is -0.146. The van der Waals surface area contributed by atoms with E-state index in [9.17, 15) is 28.8 Å². The maximum atomic E-state index is 14.3. The van der Waals surface area contributed by atoms with Crippen molar-refractivity contribution < 1.29 is 43.1 Å². The summed E-state index contributed by atoms with van der Waals surface area (Å²) in [6, 6.07) is 12.9. The summed E-state index contributed by atoms with van der Waals surface area (Å²) in [6.45, 7) is 17.6. The Bertz CT molecular complexity index is 1990. The number of carboxylic acid groups (broad SMARTS) is 1. The van der Waals surface area contributed by atoms with Gasteiger partial charge in [-0.2, -0.15) is 0 Å². The molecule has 3 amide bonds. The van der Waals surface area contributed by atoms with E-state index in [4.69, 9.17) is 19.2 Å². The number of carbonyl (C=O) groups is 4. The van der Waals surface area contributed by atoms with Gasteiger partial charge in [-0.3, -0.25) is 9.59 Å². The number of likely N-dealkylation sites (tertiary alicyclic amines) is 1. The molecule has 3 aromatic rings. The van der Waals surface area contributed by atoms with Crippen LogP contribution in [-0.2, 0) is 23.7 Å². The second-order valence-electron chi connectivity index (χ2n) is 16.1. The lowest BCUT2D eigenvalue weighted by atomic mass is 10.0. The maximum absolute atomic E-state index is 14.3. The van der Waals surface area contributed by atoms with E-state index in [1.165, 1.54) is 11.0 Å². The second-order valence-corrected chi connectivity index (χ2v) is 19.5. The van der Waals surface area contributed by atoms with Crippen molar-refractivity contribution in [2.45, 2.75) is 83.7 Å². The van der Waals surface area contributed by atoms with Gasteiger partial charge in [0.2, 0.25) is 17.7 Å². The van der Waals surface area contributed by atoms with E-state index >= 15 is 0 Å². The molecule has 1 aliphatic heterocycles. The Balaban J connectivity index is 1.51. The Hall–Kier alpha value is -4.90. The number of hydrogen-bond acceptors (Lipinski definition) is 9. The molecule has 0 radical (unpaired) electrons. The number of fused-ring (bicyclic) bond motifs is 1. The maximum Gasteiger partial charge on any atom is 0.408 e. The normalized spacial score (nSPS) is 21.6. The van der Waals surface area contributed by atoms with Crippen molar-refractivity contribution in [3.05, 3.63) is 66.7 Å². The largest absolute Gasteiger partial charge is 0.486 e. The van der Waals surface area contributed by atoms with Gasteiger partial charge in [-0.15, -0.1) is 6.58 Å². The molecule has 14 heteroatoms. The van der Waals surface area contributed by atoms with Gasteiger partial charge in [-0.25, -0.2) is 14.6 Å². The number of nitrogens with one attached hydrogen (secondary N) is 2. The van der Waals surface area contributed by atoms with Crippen molar-refractivity contribution in [3.63, 3.8) is 0 Å². The molecule has 290 valence electrons. The first-order valence-corrected chi connectivity index (χ1v) is 20.8. The number of hydrogen-bond donors (Lipinski definition) is 3. The number of nitrogens with zero attached hydrogens (tertiary/aromatic N) is 2. The monoisotopic (exact) mass is 762 g/mol. The van der Waals surface area contributed by atoms with E-state index in [2.05, 4.69) is 17.2 Å². The number of aryl methyl sites for hydroxylation is 1.